The van der Waals surface area contributed by atoms with Gasteiger partial charge in [-0.3, -0.25) is 4.72 Å². The standard InChI is InChI=1S/C12H18N2O4S2/c1-11-4-6-12(7-5-11)13-19(15,16)10-20(17,18)14-8-2-3-9-14/h4-7,13H,2-3,8-10H2,1H3. The van der Waals surface area contributed by atoms with Gasteiger partial charge in [0, 0.05) is 18.8 Å². The maximum Gasteiger partial charge on any atom is 0.248 e. The first-order valence-corrected chi connectivity index (χ1v) is 9.60. The van der Waals surface area contributed by atoms with Crippen LogP contribution in [0.15, 0.2) is 24.3 Å². The van der Waals surface area contributed by atoms with Crippen LogP contribution in [0.5, 0.6) is 0 Å². The highest BCUT2D eigenvalue weighted by Crippen LogP contribution is 2.16. The number of hydrogen-bond donors (Lipinski definition) is 1. The predicted molar refractivity (Wildman–Crippen MR) is 78.3 cm³/mol. The Bertz CT molecular complexity index is 660. The minimum Gasteiger partial charge on any atom is -0.283 e. The molecule has 0 bridgehead atoms. The minimum atomic E-state index is -3.92. The monoisotopic (exact) mass is 318 g/mol. The second kappa shape index (κ2) is 5.71. The highest BCUT2D eigenvalue weighted by Gasteiger charge is 2.30. The molecule has 0 aromatic heterocycles. The average molecular weight is 318 g/mol. The maximum atomic E-state index is 12.0. The summed E-state index contributed by atoms with van der Waals surface area (Å²) in [4.78, 5) is 0. The first-order chi connectivity index (χ1) is 9.28. The number of nitrogens with one attached hydrogen (secondary N) is 1. The number of hydrogen-bond acceptors (Lipinski definition) is 4. The van der Waals surface area contributed by atoms with Crippen LogP contribution in [0, 0.1) is 6.92 Å². The van der Waals surface area contributed by atoms with Crippen molar-refractivity contribution in [1.29, 1.82) is 0 Å². The van der Waals surface area contributed by atoms with Gasteiger partial charge in [0.2, 0.25) is 20.0 Å². The van der Waals surface area contributed by atoms with Crippen LogP contribution in [0.3, 0.4) is 0 Å². The van der Waals surface area contributed by atoms with Gasteiger partial charge in [-0.25, -0.2) is 21.1 Å². The third kappa shape index (κ3) is 3.94. The van der Waals surface area contributed by atoms with Gasteiger partial charge in [-0.1, -0.05) is 17.7 Å². The van der Waals surface area contributed by atoms with Crippen molar-refractivity contribution < 1.29 is 16.8 Å². The zero-order valence-corrected chi connectivity index (χ0v) is 12.9. The second-order valence-corrected chi connectivity index (χ2v) is 8.98. The van der Waals surface area contributed by atoms with E-state index in [0.29, 0.717) is 18.8 Å². The van der Waals surface area contributed by atoms with Crippen LogP contribution in [-0.4, -0.2) is 39.3 Å². The number of anilines is 1. The van der Waals surface area contributed by atoms with Gasteiger partial charge in [0.15, 0.2) is 5.08 Å². The van der Waals surface area contributed by atoms with Gasteiger partial charge in [0.05, 0.1) is 0 Å². The van der Waals surface area contributed by atoms with Crippen LogP contribution in [0.1, 0.15) is 18.4 Å². The Morgan fingerprint density at radius 3 is 2.15 bits per heavy atom. The molecule has 0 unspecified atom stereocenters. The molecule has 0 saturated carbocycles. The van der Waals surface area contributed by atoms with Crippen LogP contribution < -0.4 is 4.72 Å². The van der Waals surface area contributed by atoms with Gasteiger partial charge < -0.3 is 0 Å². The van der Waals surface area contributed by atoms with Gasteiger partial charge in [-0.2, -0.15) is 0 Å². The molecule has 20 heavy (non-hydrogen) atoms. The van der Waals surface area contributed by atoms with Gasteiger partial charge in [-0.15, -0.1) is 0 Å². The zero-order chi connectivity index (χ0) is 14.8. The van der Waals surface area contributed by atoms with Crippen LogP contribution in [0.4, 0.5) is 5.69 Å². The Labute approximate surface area is 119 Å². The third-order valence-electron chi connectivity index (χ3n) is 3.09. The van der Waals surface area contributed by atoms with Crippen molar-refractivity contribution in [3.63, 3.8) is 0 Å². The molecule has 2 rings (SSSR count). The van der Waals surface area contributed by atoms with E-state index in [9.17, 15) is 16.8 Å². The Balaban J connectivity index is 2.09. The molecule has 1 fully saturated rings. The van der Waals surface area contributed by atoms with Crippen molar-refractivity contribution in [3.05, 3.63) is 29.8 Å². The number of aryl methyl sites for hydroxylation is 1. The van der Waals surface area contributed by atoms with E-state index < -0.39 is 25.1 Å². The van der Waals surface area contributed by atoms with E-state index in [1.165, 1.54) is 4.31 Å². The molecule has 0 atom stereocenters. The number of nitrogens with zero attached hydrogens (tertiary/aromatic N) is 1. The molecule has 112 valence electrons. The Kier molecular flexibility index (Phi) is 4.36. The lowest BCUT2D eigenvalue weighted by Gasteiger charge is -2.16. The lowest BCUT2D eigenvalue weighted by molar-refractivity contribution is 0.481. The van der Waals surface area contributed by atoms with Crippen molar-refractivity contribution in [2.75, 3.05) is 22.9 Å². The van der Waals surface area contributed by atoms with Crippen molar-refractivity contribution in [2.24, 2.45) is 0 Å². The molecule has 1 aliphatic heterocycles. The molecule has 1 aromatic rings. The highest BCUT2D eigenvalue weighted by molar-refractivity contribution is 8.07. The van der Waals surface area contributed by atoms with E-state index >= 15 is 0 Å². The molecule has 1 aromatic carbocycles. The summed E-state index contributed by atoms with van der Waals surface area (Å²) in [5, 5.41) is -0.909. The predicted octanol–water partition coefficient (Wildman–Crippen LogP) is 1.12. The fraction of sp³-hybridized carbons (Fsp3) is 0.500. The number of sulfonamides is 2. The Morgan fingerprint density at radius 2 is 1.60 bits per heavy atom. The van der Waals surface area contributed by atoms with Crippen molar-refractivity contribution in [2.45, 2.75) is 19.8 Å². The lowest BCUT2D eigenvalue weighted by atomic mass is 10.2. The van der Waals surface area contributed by atoms with E-state index in [0.717, 1.165) is 18.4 Å². The molecule has 0 spiro atoms. The largest absolute Gasteiger partial charge is 0.283 e. The summed E-state index contributed by atoms with van der Waals surface area (Å²) in [5.74, 6) is 0. The van der Waals surface area contributed by atoms with Crippen molar-refractivity contribution in [3.8, 4) is 0 Å². The summed E-state index contributed by atoms with van der Waals surface area (Å²) in [6, 6.07) is 6.73. The maximum absolute atomic E-state index is 12.0. The summed E-state index contributed by atoms with van der Waals surface area (Å²) in [6.07, 6.45) is 1.56. The van der Waals surface area contributed by atoms with Crippen LogP contribution in [0.2, 0.25) is 0 Å². The van der Waals surface area contributed by atoms with Gasteiger partial charge >= 0.3 is 0 Å². The van der Waals surface area contributed by atoms with E-state index in [2.05, 4.69) is 4.72 Å². The summed E-state index contributed by atoms with van der Waals surface area (Å²) >= 11 is 0. The summed E-state index contributed by atoms with van der Waals surface area (Å²) < 4.78 is 51.4. The first-order valence-electron chi connectivity index (χ1n) is 6.33. The van der Waals surface area contributed by atoms with E-state index in [1.807, 2.05) is 6.92 Å². The normalized spacial score (nSPS) is 17.2. The molecule has 8 heteroatoms. The number of benzene rings is 1. The molecule has 0 radical (unpaired) electrons. The first kappa shape index (κ1) is 15.3. The summed E-state index contributed by atoms with van der Waals surface area (Å²) in [6.45, 7) is 2.70. The van der Waals surface area contributed by atoms with E-state index in [-0.39, 0.29) is 0 Å². The quantitative estimate of drug-likeness (QED) is 0.882. The van der Waals surface area contributed by atoms with Crippen LogP contribution in [-0.2, 0) is 20.0 Å². The molecule has 1 aliphatic rings. The molecular weight excluding hydrogens is 300 g/mol. The highest BCUT2D eigenvalue weighted by atomic mass is 32.3. The second-order valence-electron chi connectivity index (χ2n) is 4.92. The molecular formula is C12H18N2O4S2. The van der Waals surface area contributed by atoms with E-state index in [1.54, 1.807) is 24.3 Å². The summed E-state index contributed by atoms with van der Waals surface area (Å²) in [7, 11) is -7.69. The average Bonchev–Trinajstić information content (AvgIpc) is 2.84. The van der Waals surface area contributed by atoms with Crippen molar-refractivity contribution in [1.82, 2.24) is 4.31 Å². The molecule has 0 amide bonds. The topological polar surface area (TPSA) is 83.5 Å². The number of rotatable bonds is 5. The van der Waals surface area contributed by atoms with Gasteiger partial charge in [-0.05, 0) is 31.9 Å². The van der Waals surface area contributed by atoms with Crippen LogP contribution >= 0.6 is 0 Å². The smallest absolute Gasteiger partial charge is 0.248 e. The Morgan fingerprint density at radius 1 is 1.05 bits per heavy atom. The van der Waals surface area contributed by atoms with Crippen LogP contribution in [0.25, 0.3) is 0 Å². The van der Waals surface area contributed by atoms with E-state index in [4.69, 9.17) is 0 Å². The van der Waals surface area contributed by atoms with Crippen molar-refractivity contribution >= 4 is 25.7 Å². The van der Waals surface area contributed by atoms with Gasteiger partial charge in [0.1, 0.15) is 0 Å². The summed E-state index contributed by atoms with van der Waals surface area (Å²) in [5.41, 5.74) is 1.37. The SMILES string of the molecule is Cc1ccc(NS(=O)(=O)CS(=O)(=O)N2CCCC2)cc1. The third-order valence-corrected chi connectivity index (χ3v) is 7.22. The molecule has 1 N–H and O–H groups in total. The molecule has 0 aliphatic carbocycles. The Hall–Kier alpha value is -1.12. The fourth-order valence-electron chi connectivity index (χ4n) is 2.07. The lowest BCUT2D eigenvalue weighted by Crippen LogP contribution is -2.35. The molecule has 6 nitrogen and oxygen atoms in total. The molecule has 1 saturated heterocycles. The zero-order valence-electron chi connectivity index (χ0n) is 11.2. The van der Waals surface area contributed by atoms with Gasteiger partial charge in [0.25, 0.3) is 0 Å². The minimum absolute atomic E-state index is 0.368. The molecule has 1 heterocycles. The fourth-order valence-corrected chi connectivity index (χ4v) is 5.78.